The summed E-state index contributed by atoms with van der Waals surface area (Å²) < 4.78 is 8.23. The van der Waals surface area contributed by atoms with Crippen LogP contribution in [0.15, 0.2) is 35.3 Å². The van der Waals surface area contributed by atoms with Crippen LogP contribution in [0, 0.1) is 5.41 Å². The number of rotatable bonds is 7. The zero-order valence-electron chi connectivity index (χ0n) is 16.7. The van der Waals surface area contributed by atoms with E-state index in [4.69, 9.17) is 26.4 Å². The first-order chi connectivity index (χ1) is 14.9. The molecule has 1 aromatic carbocycles. The maximum absolute atomic E-state index is 10.8. The SMILES string of the molecule is O=C(O)CCOC[C@@H]1CC2(CC2)CN1c1cc(-n2cncn2)c2cc(Cl)c(Br)cc2n1. The van der Waals surface area contributed by atoms with E-state index < -0.39 is 5.97 Å². The van der Waals surface area contributed by atoms with Crippen molar-refractivity contribution in [3.8, 4) is 5.69 Å². The zero-order valence-corrected chi connectivity index (χ0v) is 19.0. The first-order valence-corrected chi connectivity index (χ1v) is 11.3. The Morgan fingerprint density at radius 1 is 1.35 bits per heavy atom. The van der Waals surface area contributed by atoms with E-state index in [1.807, 2.05) is 18.2 Å². The Bertz CT molecular complexity index is 1140. The van der Waals surface area contributed by atoms with Crippen LogP contribution in [0.4, 0.5) is 5.82 Å². The van der Waals surface area contributed by atoms with E-state index in [2.05, 4.69) is 30.9 Å². The number of nitrogens with zero attached hydrogens (tertiary/aromatic N) is 5. The number of hydrogen-bond acceptors (Lipinski definition) is 6. The molecule has 2 fully saturated rings. The molecular weight excluding hydrogens is 486 g/mol. The van der Waals surface area contributed by atoms with Crippen molar-refractivity contribution in [2.75, 3.05) is 24.7 Å². The van der Waals surface area contributed by atoms with E-state index in [1.165, 1.54) is 19.2 Å². The average molecular weight is 507 g/mol. The summed E-state index contributed by atoms with van der Waals surface area (Å²) in [5.74, 6) is 0.00248. The summed E-state index contributed by atoms with van der Waals surface area (Å²) in [5, 5.41) is 14.7. The predicted octanol–water partition coefficient (Wildman–Crippen LogP) is 4.08. The van der Waals surface area contributed by atoms with Crippen LogP contribution < -0.4 is 4.90 Å². The molecule has 5 rings (SSSR count). The lowest BCUT2D eigenvalue weighted by molar-refractivity contribution is -0.138. The highest BCUT2D eigenvalue weighted by atomic mass is 79.9. The van der Waals surface area contributed by atoms with Crippen molar-refractivity contribution < 1.29 is 14.6 Å². The minimum atomic E-state index is -0.847. The number of fused-ring (bicyclic) bond motifs is 1. The van der Waals surface area contributed by atoms with Crippen molar-refractivity contribution in [1.82, 2.24) is 19.7 Å². The number of benzene rings is 1. The van der Waals surface area contributed by atoms with Gasteiger partial charge in [0.15, 0.2) is 0 Å². The molecule has 1 aliphatic carbocycles. The molecule has 0 radical (unpaired) electrons. The Morgan fingerprint density at radius 3 is 2.90 bits per heavy atom. The second-order valence-electron chi connectivity index (χ2n) is 8.33. The summed E-state index contributed by atoms with van der Waals surface area (Å²) in [6.07, 6.45) is 6.62. The van der Waals surface area contributed by atoms with E-state index in [1.54, 1.807) is 11.0 Å². The van der Waals surface area contributed by atoms with Gasteiger partial charge in [0.2, 0.25) is 0 Å². The van der Waals surface area contributed by atoms with Crippen molar-refractivity contribution in [3.63, 3.8) is 0 Å². The van der Waals surface area contributed by atoms with Crippen LogP contribution in [0.5, 0.6) is 0 Å². The number of aliphatic carboxylic acids is 1. The Kier molecular flexibility index (Phi) is 5.35. The molecule has 31 heavy (non-hydrogen) atoms. The monoisotopic (exact) mass is 505 g/mol. The second-order valence-corrected chi connectivity index (χ2v) is 9.59. The third-order valence-corrected chi connectivity index (χ3v) is 7.32. The number of anilines is 1. The van der Waals surface area contributed by atoms with Crippen LogP contribution in [0.2, 0.25) is 5.02 Å². The number of carboxylic acid groups (broad SMARTS) is 1. The molecule has 0 unspecified atom stereocenters. The molecule has 1 saturated carbocycles. The Balaban J connectivity index is 1.52. The topological polar surface area (TPSA) is 93.4 Å². The molecule has 1 saturated heterocycles. The smallest absolute Gasteiger partial charge is 0.305 e. The molecule has 1 atom stereocenters. The number of hydrogen-bond donors (Lipinski definition) is 1. The van der Waals surface area contributed by atoms with Crippen LogP contribution in [0.3, 0.4) is 0 Å². The lowest BCUT2D eigenvalue weighted by Gasteiger charge is -2.26. The summed E-state index contributed by atoms with van der Waals surface area (Å²) >= 11 is 9.86. The van der Waals surface area contributed by atoms with Crippen LogP contribution in [0.25, 0.3) is 16.6 Å². The molecule has 1 aliphatic heterocycles. The molecule has 0 amide bonds. The van der Waals surface area contributed by atoms with Crippen molar-refractivity contribution >= 4 is 50.2 Å². The molecule has 2 aliphatic rings. The minimum Gasteiger partial charge on any atom is -0.481 e. The third kappa shape index (κ3) is 4.14. The van der Waals surface area contributed by atoms with Gasteiger partial charge in [-0.15, -0.1) is 0 Å². The lowest BCUT2D eigenvalue weighted by atomic mass is 10.0. The van der Waals surface area contributed by atoms with Crippen LogP contribution in [0.1, 0.15) is 25.7 Å². The fraction of sp³-hybridized carbons (Fsp3) is 0.429. The van der Waals surface area contributed by atoms with Gasteiger partial charge in [-0.2, -0.15) is 5.10 Å². The van der Waals surface area contributed by atoms with Crippen molar-refractivity contribution in [1.29, 1.82) is 0 Å². The van der Waals surface area contributed by atoms with Crippen molar-refractivity contribution in [2.24, 2.45) is 5.41 Å². The number of carbonyl (C=O) groups is 1. The number of carboxylic acids is 1. The molecule has 1 N–H and O–H groups in total. The van der Waals surface area contributed by atoms with Gasteiger partial charge in [-0.05, 0) is 52.7 Å². The summed E-state index contributed by atoms with van der Waals surface area (Å²) in [6, 6.07) is 5.98. The number of aromatic nitrogens is 4. The lowest BCUT2D eigenvalue weighted by Crippen LogP contribution is -2.34. The second kappa shape index (κ2) is 8.03. The minimum absolute atomic E-state index is 0.0112. The standard InChI is InChI=1S/C21H21BrClN5O3/c22-15-6-17-14(5-16(15)23)18(28-12-24-11-25-28)7-19(26-17)27-10-21(2-3-21)8-13(27)9-31-4-1-20(29)30/h5-7,11-13H,1-4,8-10H2,(H,29,30)/t13-/m0/s1. The first-order valence-electron chi connectivity index (χ1n) is 10.2. The molecular formula is C21H21BrClN5O3. The van der Waals surface area contributed by atoms with Gasteiger partial charge >= 0.3 is 5.97 Å². The summed E-state index contributed by atoms with van der Waals surface area (Å²) in [7, 11) is 0. The molecule has 162 valence electrons. The summed E-state index contributed by atoms with van der Waals surface area (Å²) in [6.45, 7) is 1.62. The van der Waals surface area contributed by atoms with Crippen LogP contribution in [-0.4, -0.2) is 56.6 Å². The molecule has 3 aromatic rings. The van der Waals surface area contributed by atoms with E-state index >= 15 is 0 Å². The highest BCUT2D eigenvalue weighted by Gasteiger charge is 2.52. The number of ether oxygens (including phenoxy) is 1. The average Bonchev–Trinajstić information content (AvgIpc) is 3.13. The van der Waals surface area contributed by atoms with Gasteiger partial charge in [0.05, 0.1) is 41.9 Å². The van der Waals surface area contributed by atoms with E-state index in [-0.39, 0.29) is 19.1 Å². The maximum atomic E-state index is 10.8. The van der Waals surface area contributed by atoms with Crippen molar-refractivity contribution in [3.05, 3.63) is 40.3 Å². The molecule has 1 spiro atoms. The molecule has 2 aromatic heterocycles. The molecule has 0 bridgehead atoms. The van der Waals surface area contributed by atoms with Gasteiger partial charge in [-0.3, -0.25) is 4.79 Å². The zero-order chi connectivity index (χ0) is 21.6. The van der Waals surface area contributed by atoms with Gasteiger partial charge in [0.1, 0.15) is 18.5 Å². The number of pyridine rings is 1. The van der Waals surface area contributed by atoms with E-state index in [0.717, 1.165) is 39.8 Å². The highest BCUT2D eigenvalue weighted by Crippen LogP contribution is 2.55. The third-order valence-electron chi connectivity index (χ3n) is 6.12. The maximum Gasteiger partial charge on any atom is 0.305 e. The van der Waals surface area contributed by atoms with Gasteiger partial charge in [-0.1, -0.05) is 11.6 Å². The van der Waals surface area contributed by atoms with Gasteiger partial charge in [0, 0.05) is 22.5 Å². The van der Waals surface area contributed by atoms with E-state index in [0.29, 0.717) is 17.0 Å². The highest BCUT2D eigenvalue weighted by molar-refractivity contribution is 9.10. The fourth-order valence-electron chi connectivity index (χ4n) is 4.36. The van der Waals surface area contributed by atoms with Crippen LogP contribution in [-0.2, 0) is 9.53 Å². The predicted molar refractivity (Wildman–Crippen MR) is 120 cm³/mol. The molecule has 10 heteroatoms. The largest absolute Gasteiger partial charge is 0.481 e. The van der Waals surface area contributed by atoms with Crippen molar-refractivity contribution in [2.45, 2.75) is 31.7 Å². The fourth-order valence-corrected chi connectivity index (χ4v) is 4.85. The van der Waals surface area contributed by atoms with Gasteiger partial charge in [0.25, 0.3) is 0 Å². The molecule has 8 nitrogen and oxygen atoms in total. The van der Waals surface area contributed by atoms with Gasteiger partial charge < -0.3 is 14.7 Å². The molecule has 3 heterocycles. The van der Waals surface area contributed by atoms with Gasteiger partial charge in [-0.25, -0.2) is 14.6 Å². The van der Waals surface area contributed by atoms with E-state index in [9.17, 15) is 4.79 Å². The van der Waals surface area contributed by atoms with Crippen LogP contribution >= 0.6 is 27.5 Å². The Hall–Kier alpha value is -2.23. The summed E-state index contributed by atoms with van der Waals surface area (Å²) in [5.41, 5.74) is 1.99. The quantitative estimate of drug-likeness (QED) is 0.483. The normalized spacial score (nSPS) is 19.4. The Morgan fingerprint density at radius 2 is 2.19 bits per heavy atom. The first kappa shape index (κ1) is 20.7. The summed E-state index contributed by atoms with van der Waals surface area (Å²) in [4.78, 5) is 22.1. The number of halogens is 2. The Labute approximate surface area is 192 Å².